The topological polar surface area (TPSA) is 95.3 Å². The van der Waals surface area contributed by atoms with Crippen LogP contribution in [0.25, 0.3) is 0 Å². The highest BCUT2D eigenvalue weighted by Crippen LogP contribution is 2.26. The van der Waals surface area contributed by atoms with E-state index in [0.717, 1.165) is 30.1 Å². The summed E-state index contributed by atoms with van der Waals surface area (Å²) in [5.74, 6) is -0.311. The molecule has 1 heterocycles. The van der Waals surface area contributed by atoms with Gasteiger partial charge in [-0.2, -0.15) is 0 Å². The SMILES string of the molecule is CCCc1nnsc1C(=O)N[C@@H]1C[C@@H](CO)[C@H](O)C1. The Balaban J connectivity index is 1.96. The van der Waals surface area contributed by atoms with Gasteiger partial charge in [-0.25, -0.2) is 0 Å². The molecule has 0 unspecified atom stereocenters. The van der Waals surface area contributed by atoms with Gasteiger partial charge in [0.1, 0.15) is 4.88 Å². The number of amides is 1. The monoisotopic (exact) mass is 285 g/mol. The number of hydrogen-bond donors (Lipinski definition) is 3. The van der Waals surface area contributed by atoms with Crippen molar-refractivity contribution in [1.29, 1.82) is 0 Å². The molecule has 19 heavy (non-hydrogen) atoms. The fourth-order valence-corrected chi connectivity index (χ4v) is 3.06. The molecule has 0 radical (unpaired) electrons. The maximum Gasteiger partial charge on any atom is 0.265 e. The number of aromatic nitrogens is 2. The van der Waals surface area contributed by atoms with E-state index in [1.54, 1.807) is 0 Å². The Morgan fingerprint density at radius 2 is 2.32 bits per heavy atom. The molecule has 1 aromatic heterocycles. The highest BCUT2D eigenvalue weighted by atomic mass is 32.1. The van der Waals surface area contributed by atoms with Crippen molar-refractivity contribution in [3.05, 3.63) is 10.6 Å². The Morgan fingerprint density at radius 3 is 2.95 bits per heavy atom. The average molecular weight is 285 g/mol. The number of nitrogens with one attached hydrogen (secondary N) is 1. The van der Waals surface area contributed by atoms with Crippen molar-refractivity contribution >= 4 is 17.4 Å². The van der Waals surface area contributed by atoms with Gasteiger partial charge < -0.3 is 15.5 Å². The molecule has 106 valence electrons. The summed E-state index contributed by atoms with van der Waals surface area (Å²) in [6.45, 7) is 1.98. The van der Waals surface area contributed by atoms with E-state index in [-0.39, 0.29) is 24.5 Å². The second-order valence-electron chi connectivity index (χ2n) is 4.95. The van der Waals surface area contributed by atoms with Crippen LogP contribution >= 0.6 is 11.5 Å². The zero-order valence-corrected chi connectivity index (χ0v) is 11.7. The van der Waals surface area contributed by atoms with Crippen LogP contribution in [0.5, 0.6) is 0 Å². The average Bonchev–Trinajstić information content (AvgIpc) is 2.96. The number of aliphatic hydroxyl groups excluding tert-OH is 2. The third-order valence-corrected chi connectivity index (χ3v) is 4.24. The molecule has 1 aromatic rings. The van der Waals surface area contributed by atoms with Crippen molar-refractivity contribution in [2.75, 3.05) is 6.61 Å². The van der Waals surface area contributed by atoms with E-state index >= 15 is 0 Å². The van der Waals surface area contributed by atoms with Crippen LogP contribution in [0.1, 0.15) is 41.6 Å². The Kier molecular flexibility index (Phi) is 4.84. The number of carbonyl (C=O) groups excluding carboxylic acids is 1. The maximum absolute atomic E-state index is 12.1. The first-order valence-electron chi connectivity index (χ1n) is 6.56. The summed E-state index contributed by atoms with van der Waals surface area (Å²) in [5, 5.41) is 25.7. The Morgan fingerprint density at radius 1 is 1.53 bits per heavy atom. The highest BCUT2D eigenvalue weighted by Gasteiger charge is 2.33. The quantitative estimate of drug-likeness (QED) is 0.725. The summed E-state index contributed by atoms with van der Waals surface area (Å²) in [5.41, 5.74) is 0.738. The van der Waals surface area contributed by atoms with Crippen LogP contribution in [-0.4, -0.2) is 44.5 Å². The minimum atomic E-state index is -0.537. The molecule has 2 rings (SSSR count). The van der Waals surface area contributed by atoms with E-state index in [0.29, 0.717) is 17.7 Å². The van der Waals surface area contributed by atoms with Gasteiger partial charge in [-0.3, -0.25) is 4.79 Å². The third kappa shape index (κ3) is 3.29. The molecule has 0 spiro atoms. The van der Waals surface area contributed by atoms with Crippen LogP contribution in [0.15, 0.2) is 0 Å². The fraction of sp³-hybridized carbons (Fsp3) is 0.750. The molecular weight excluding hydrogens is 266 g/mol. The van der Waals surface area contributed by atoms with E-state index < -0.39 is 6.10 Å². The highest BCUT2D eigenvalue weighted by molar-refractivity contribution is 7.08. The number of carbonyl (C=O) groups is 1. The largest absolute Gasteiger partial charge is 0.396 e. The molecule has 0 bridgehead atoms. The molecule has 0 aromatic carbocycles. The van der Waals surface area contributed by atoms with Crippen molar-refractivity contribution in [3.8, 4) is 0 Å². The summed E-state index contributed by atoms with van der Waals surface area (Å²) in [6, 6.07) is -0.0868. The van der Waals surface area contributed by atoms with Crippen molar-refractivity contribution in [1.82, 2.24) is 14.9 Å². The van der Waals surface area contributed by atoms with Crippen LogP contribution in [0.3, 0.4) is 0 Å². The smallest absolute Gasteiger partial charge is 0.265 e. The Hall–Kier alpha value is -1.05. The third-order valence-electron chi connectivity index (χ3n) is 3.48. The van der Waals surface area contributed by atoms with Crippen molar-refractivity contribution in [2.24, 2.45) is 5.92 Å². The molecule has 1 saturated carbocycles. The molecule has 1 aliphatic carbocycles. The first kappa shape index (κ1) is 14.4. The zero-order valence-electron chi connectivity index (χ0n) is 10.9. The normalized spacial score (nSPS) is 26.6. The van der Waals surface area contributed by atoms with E-state index in [2.05, 4.69) is 14.9 Å². The van der Waals surface area contributed by atoms with Crippen LogP contribution < -0.4 is 5.32 Å². The van der Waals surface area contributed by atoms with Crippen LogP contribution in [-0.2, 0) is 6.42 Å². The molecule has 7 heteroatoms. The number of nitrogens with zero attached hydrogens (tertiary/aromatic N) is 2. The zero-order chi connectivity index (χ0) is 13.8. The van der Waals surface area contributed by atoms with Gasteiger partial charge in [0.25, 0.3) is 5.91 Å². The lowest BCUT2D eigenvalue weighted by Crippen LogP contribution is -2.33. The van der Waals surface area contributed by atoms with Gasteiger partial charge >= 0.3 is 0 Å². The molecular formula is C12H19N3O3S. The Labute approximate surface area is 116 Å². The van der Waals surface area contributed by atoms with Gasteiger partial charge in [-0.1, -0.05) is 17.8 Å². The molecule has 3 N–H and O–H groups in total. The molecule has 3 atom stereocenters. The van der Waals surface area contributed by atoms with Crippen molar-refractivity contribution in [2.45, 2.75) is 44.8 Å². The van der Waals surface area contributed by atoms with Gasteiger partial charge in [0, 0.05) is 18.6 Å². The van der Waals surface area contributed by atoms with Crippen LogP contribution in [0.4, 0.5) is 0 Å². The first-order valence-corrected chi connectivity index (χ1v) is 7.34. The number of rotatable bonds is 5. The van der Waals surface area contributed by atoms with Crippen molar-refractivity contribution < 1.29 is 15.0 Å². The fourth-order valence-electron chi connectivity index (χ4n) is 2.45. The minimum Gasteiger partial charge on any atom is -0.396 e. The summed E-state index contributed by atoms with van der Waals surface area (Å²) in [6.07, 6.45) is 2.22. The predicted molar refractivity (Wildman–Crippen MR) is 71.0 cm³/mol. The lowest BCUT2D eigenvalue weighted by Gasteiger charge is -2.11. The molecule has 0 aliphatic heterocycles. The molecule has 1 aliphatic rings. The van der Waals surface area contributed by atoms with Gasteiger partial charge in [-0.05, 0) is 30.8 Å². The number of aryl methyl sites for hydroxylation is 1. The van der Waals surface area contributed by atoms with Crippen molar-refractivity contribution in [3.63, 3.8) is 0 Å². The first-order chi connectivity index (χ1) is 9.15. The van der Waals surface area contributed by atoms with Gasteiger partial charge in [-0.15, -0.1) is 5.10 Å². The number of aliphatic hydroxyl groups is 2. The summed E-state index contributed by atoms with van der Waals surface area (Å²) in [4.78, 5) is 12.7. The van der Waals surface area contributed by atoms with Gasteiger partial charge in [0.15, 0.2) is 0 Å². The maximum atomic E-state index is 12.1. The lowest BCUT2D eigenvalue weighted by molar-refractivity contribution is 0.0904. The second-order valence-corrected chi connectivity index (χ2v) is 5.70. The van der Waals surface area contributed by atoms with Gasteiger partial charge in [0.05, 0.1) is 11.8 Å². The van der Waals surface area contributed by atoms with E-state index in [9.17, 15) is 9.90 Å². The second kappa shape index (κ2) is 6.40. The van der Waals surface area contributed by atoms with E-state index in [4.69, 9.17) is 5.11 Å². The summed E-state index contributed by atoms with van der Waals surface area (Å²) < 4.78 is 3.82. The molecule has 6 nitrogen and oxygen atoms in total. The summed E-state index contributed by atoms with van der Waals surface area (Å²) >= 11 is 1.10. The molecule has 1 amide bonds. The molecule has 0 saturated heterocycles. The number of hydrogen-bond acceptors (Lipinski definition) is 6. The standard InChI is InChI=1S/C12H19N3O3S/c1-2-3-9-11(19-15-14-9)12(18)13-8-4-7(6-16)10(17)5-8/h7-8,10,16-17H,2-6H2,1H3,(H,13,18)/t7-,8+,10+/m0/s1. The van der Waals surface area contributed by atoms with E-state index in [1.165, 1.54) is 0 Å². The van der Waals surface area contributed by atoms with Crippen LogP contribution in [0, 0.1) is 5.92 Å². The predicted octanol–water partition coefficient (Wildman–Crippen LogP) is 0.352. The summed E-state index contributed by atoms with van der Waals surface area (Å²) in [7, 11) is 0. The lowest BCUT2D eigenvalue weighted by atomic mass is 10.1. The van der Waals surface area contributed by atoms with E-state index in [1.807, 2.05) is 6.92 Å². The minimum absolute atomic E-state index is 0.0449. The Bertz CT molecular complexity index is 438. The van der Waals surface area contributed by atoms with Gasteiger partial charge in [0.2, 0.25) is 0 Å². The van der Waals surface area contributed by atoms with Crippen LogP contribution in [0.2, 0.25) is 0 Å². The molecule has 1 fully saturated rings.